The second-order valence-corrected chi connectivity index (χ2v) is 14.5. The topological polar surface area (TPSA) is 134 Å². The van der Waals surface area contributed by atoms with E-state index in [0.29, 0.717) is 38.5 Å². The number of aliphatic hydroxyl groups excluding tert-OH is 4. The number of rotatable bonds is 30. The summed E-state index contributed by atoms with van der Waals surface area (Å²) >= 11 is 0. The Morgan fingerprint density at radius 2 is 1.38 bits per heavy atom. The van der Waals surface area contributed by atoms with Gasteiger partial charge < -0.3 is 29.9 Å². The van der Waals surface area contributed by atoms with Crippen molar-refractivity contribution in [3.05, 3.63) is 24.3 Å². The summed E-state index contributed by atoms with van der Waals surface area (Å²) in [7, 11) is 0. The zero-order valence-electron chi connectivity index (χ0n) is 30.7. The normalized spacial score (nSPS) is 21.0. The number of hydrogen-bond donors (Lipinski definition) is 4. The summed E-state index contributed by atoms with van der Waals surface area (Å²) in [5, 5.41) is 40.6. The average molecular weight is 681 g/mol. The Bertz CT molecular complexity index is 856. The number of esters is 2. The molecule has 1 aliphatic rings. The number of ether oxygens (including phenoxy) is 2. The number of carbonyl (C=O) groups excluding carboxylic acids is 2. The Hall–Kier alpha value is -1.74. The molecular formula is C40H72O8. The van der Waals surface area contributed by atoms with E-state index in [1.807, 2.05) is 18.2 Å². The molecule has 48 heavy (non-hydrogen) atoms. The molecule has 8 nitrogen and oxygen atoms in total. The Morgan fingerprint density at radius 1 is 0.771 bits per heavy atom. The fourth-order valence-corrected chi connectivity index (χ4v) is 6.44. The first-order chi connectivity index (χ1) is 23.2. The quantitative estimate of drug-likeness (QED) is 0.0340. The number of carbonyl (C=O) groups is 2. The van der Waals surface area contributed by atoms with Crippen molar-refractivity contribution in [2.45, 2.75) is 186 Å². The molecule has 0 bridgehead atoms. The van der Waals surface area contributed by atoms with Crippen LogP contribution in [0.25, 0.3) is 0 Å². The lowest BCUT2D eigenvalue weighted by atomic mass is 9.89. The lowest BCUT2D eigenvalue weighted by molar-refractivity contribution is -0.161. The fourth-order valence-electron chi connectivity index (χ4n) is 6.44. The van der Waals surface area contributed by atoms with E-state index in [-0.39, 0.29) is 30.8 Å². The van der Waals surface area contributed by atoms with Gasteiger partial charge in [0.1, 0.15) is 6.61 Å². The Labute approximate surface area is 292 Å². The first-order valence-corrected chi connectivity index (χ1v) is 19.5. The van der Waals surface area contributed by atoms with Gasteiger partial charge in [-0.2, -0.15) is 0 Å². The molecule has 0 heterocycles. The molecule has 280 valence electrons. The minimum Gasteiger partial charge on any atom is -0.462 e. The van der Waals surface area contributed by atoms with E-state index in [2.05, 4.69) is 20.8 Å². The van der Waals surface area contributed by atoms with E-state index in [9.17, 15) is 30.0 Å². The van der Waals surface area contributed by atoms with Crippen molar-refractivity contribution in [2.24, 2.45) is 17.8 Å². The minimum atomic E-state index is -0.848. The zero-order chi connectivity index (χ0) is 35.4. The third-order valence-corrected chi connectivity index (χ3v) is 9.50. The van der Waals surface area contributed by atoms with Crippen LogP contribution in [-0.4, -0.2) is 70.0 Å². The number of allylic oxidation sites excluding steroid dienone is 2. The van der Waals surface area contributed by atoms with Crippen LogP contribution in [0.5, 0.6) is 0 Å². The smallest absolute Gasteiger partial charge is 0.306 e. The van der Waals surface area contributed by atoms with E-state index in [1.54, 1.807) is 6.08 Å². The number of hydrogen-bond acceptors (Lipinski definition) is 8. The summed E-state index contributed by atoms with van der Waals surface area (Å²) < 4.78 is 10.6. The molecule has 1 fully saturated rings. The maximum atomic E-state index is 12.2. The fraction of sp³-hybridized carbons (Fsp3) is 0.850. The van der Waals surface area contributed by atoms with Gasteiger partial charge in [0.25, 0.3) is 0 Å². The van der Waals surface area contributed by atoms with Gasteiger partial charge in [-0.15, -0.1) is 0 Å². The van der Waals surface area contributed by atoms with Gasteiger partial charge in [0, 0.05) is 25.2 Å². The van der Waals surface area contributed by atoms with Crippen LogP contribution in [-0.2, 0) is 19.1 Å². The Balaban J connectivity index is 2.13. The van der Waals surface area contributed by atoms with Crippen molar-refractivity contribution in [3.8, 4) is 0 Å². The molecule has 1 saturated carbocycles. The molecule has 0 aliphatic heterocycles. The highest BCUT2D eigenvalue weighted by Gasteiger charge is 2.39. The van der Waals surface area contributed by atoms with E-state index >= 15 is 0 Å². The van der Waals surface area contributed by atoms with E-state index < -0.39 is 37.0 Å². The highest BCUT2D eigenvalue weighted by atomic mass is 16.6. The molecule has 0 aromatic heterocycles. The third kappa shape index (κ3) is 22.8. The summed E-state index contributed by atoms with van der Waals surface area (Å²) in [4.78, 5) is 24.4. The molecule has 0 radical (unpaired) electrons. The van der Waals surface area contributed by atoms with Crippen LogP contribution in [0.1, 0.15) is 162 Å². The first kappa shape index (κ1) is 44.3. The molecular weight excluding hydrogens is 608 g/mol. The van der Waals surface area contributed by atoms with Gasteiger partial charge in [0.2, 0.25) is 0 Å². The van der Waals surface area contributed by atoms with Crippen molar-refractivity contribution in [3.63, 3.8) is 0 Å². The van der Waals surface area contributed by atoms with Crippen molar-refractivity contribution in [2.75, 3.05) is 13.2 Å². The largest absolute Gasteiger partial charge is 0.462 e. The molecule has 6 atom stereocenters. The van der Waals surface area contributed by atoms with Gasteiger partial charge in [-0.05, 0) is 43.9 Å². The predicted octanol–water partition coefficient (Wildman–Crippen LogP) is 8.13. The van der Waals surface area contributed by atoms with Gasteiger partial charge in [-0.25, -0.2) is 0 Å². The first-order valence-electron chi connectivity index (χ1n) is 19.5. The van der Waals surface area contributed by atoms with E-state index in [0.717, 1.165) is 44.4 Å². The molecule has 0 aromatic carbocycles. The lowest BCUT2D eigenvalue weighted by Crippen LogP contribution is -2.28. The molecule has 4 N–H and O–H groups in total. The minimum absolute atomic E-state index is 0.118. The van der Waals surface area contributed by atoms with Crippen LogP contribution >= 0.6 is 0 Å². The van der Waals surface area contributed by atoms with Crippen LogP contribution < -0.4 is 0 Å². The number of aliphatic hydroxyl groups is 4. The molecule has 0 spiro atoms. The summed E-state index contributed by atoms with van der Waals surface area (Å²) in [6.07, 6.45) is 26.2. The number of unbranched alkanes of at least 4 members (excludes halogenated alkanes) is 13. The Kier molecular flexibility index (Phi) is 26.8. The summed E-state index contributed by atoms with van der Waals surface area (Å²) in [6, 6.07) is 0. The molecule has 0 saturated heterocycles. The standard InChI is InChI=1S/C40H72O8/c1-4-5-17-23-33(42)27-28-36-35(37(43)29-38(36)44)24-19-15-16-20-25-39(45)47-31-34(30-41)48-40(46)26-21-14-12-10-8-6-7-9-11-13-18-22-32(2)3/h15,19,27-28,32-38,41-44H,4-14,16-18,20-26,29-31H2,1-3H3/b19-15+,28-27+/t33-,34-,35+,36+,37-,38+/m0/s1. The monoisotopic (exact) mass is 681 g/mol. The second-order valence-electron chi connectivity index (χ2n) is 14.5. The van der Waals surface area contributed by atoms with Gasteiger partial charge in [0.05, 0.1) is 24.9 Å². The summed E-state index contributed by atoms with van der Waals surface area (Å²) in [5.74, 6) is -0.272. The summed E-state index contributed by atoms with van der Waals surface area (Å²) in [6.45, 7) is 6.15. The van der Waals surface area contributed by atoms with Crippen LogP contribution in [0.4, 0.5) is 0 Å². The molecule has 8 heteroatoms. The van der Waals surface area contributed by atoms with Gasteiger partial charge >= 0.3 is 11.9 Å². The van der Waals surface area contributed by atoms with Crippen LogP contribution in [0, 0.1) is 17.8 Å². The molecule has 0 amide bonds. The maximum absolute atomic E-state index is 12.2. The second kappa shape index (κ2) is 29.0. The van der Waals surface area contributed by atoms with Gasteiger partial charge in [0.15, 0.2) is 6.10 Å². The third-order valence-electron chi connectivity index (χ3n) is 9.50. The van der Waals surface area contributed by atoms with Crippen molar-refractivity contribution in [1.82, 2.24) is 0 Å². The van der Waals surface area contributed by atoms with Gasteiger partial charge in [-0.3, -0.25) is 9.59 Å². The zero-order valence-corrected chi connectivity index (χ0v) is 30.7. The maximum Gasteiger partial charge on any atom is 0.306 e. The summed E-state index contributed by atoms with van der Waals surface area (Å²) in [5.41, 5.74) is 0. The Morgan fingerprint density at radius 3 is 2.00 bits per heavy atom. The predicted molar refractivity (Wildman–Crippen MR) is 193 cm³/mol. The average Bonchev–Trinajstić information content (AvgIpc) is 3.32. The highest BCUT2D eigenvalue weighted by Crippen LogP contribution is 2.36. The van der Waals surface area contributed by atoms with Crippen molar-refractivity contribution in [1.29, 1.82) is 0 Å². The van der Waals surface area contributed by atoms with Crippen LogP contribution in [0.2, 0.25) is 0 Å². The highest BCUT2D eigenvalue weighted by molar-refractivity contribution is 5.70. The van der Waals surface area contributed by atoms with Crippen LogP contribution in [0.15, 0.2) is 24.3 Å². The molecule has 1 aliphatic carbocycles. The molecule has 0 aromatic rings. The van der Waals surface area contributed by atoms with Crippen molar-refractivity contribution < 1.29 is 39.5 Å². The van der Waals surface area contributed by atoms with Crippen LogP contribution in [0.3, 0.4) is 0 Å². The van der Waals surface area contributed by atoms with Crippen molar-refractivity contribution >= 4 is 11.9 Å². The SMILES string of the molecule is CCCCC[C@H](O)/C=C/[C@@H]1[C@@H](C/C=C/CCCC(=O)OC[C@H](CO)OC(=O)CCCCCCCCCCCCCC(C)C)[C@@H](O)C[C@H]1O. The van der Waals surface area contributed by atoms with Gasteiger partial charge in [-0.1, -0.05) is 135 Å². The van der Waals surface area contributed by atoms with E-state index in [4.69, 9.17) is 9.47 Å². The molecule has 0 unspecified atom stereocenters. The lowest BCUT2D eigenvalue weighted by Gasteiger charge is -2.19. The molecule has 1 rings (SSSR count). The van der Waals surface area contributed by atoms with E-state index in [1.165, 1.54) is 57.8 Å².